The topological polar surface area (TPSA) is 60.4 Å². The van der Waals surface area contributed by atoms with Gasteiger partial charge in [-0.15, -0.1) is 0 Å². The number of methoxy groups -OCH3 is 1. The van der Waals surface area contributed by atoms with Crippen LogP contribution in [0.1, 0.15) is 96.8 Å². The normalized spacial score (nSPS) is 27.8. The highest BCUT2D eigenvalue weighted by Crippen LogP contribution is 2.61. The van der Waals surface area contributed by atoms with Crippen LogP contribution in [-0.4, -0.2) is 99.2 Å². The first-order valence-corrected chi connectivity index (χ1v) is 20.6. The molecule has 6 rings (SSSR count). The summed E-state index contributed by atoms with van der Waals surface area (Å²) in [4.78, 5) is 11.3. The van der Waals surface area contributed by atoms with Gasteiger partial charge >= 0.3 is 0 Å². The second-order valence-electron chi connectivity index (χ2n) is 18.3. The van der Waals surface area contributed by atoms with Gasteiger partial charge in [-0.3, -0.25) is 4.84 Å². The maximum absolute atomic E-state index is 10.6. The number of aliphatic hydroxyl groups is 1. The van der Waals surface area contributed by atoms with Gasteiger partial charge in [0.25, 0.3) is 0 Å². The maximum atomic E-state index is 10.6. The molecule has 0 aromatic heterocycles. The summed E-state index contributed by atoms with van der Waals surface area (Å²) >= 11 is 0. The van der Waals surface area contributed by atoms with Crippen LogP contribution in [0.25, 0.3) is 11.1 Å². The molecule has 292 valence electrons. The maximum Gasteiger partial charge on any atom is 0.131 e. The van der Waals surface area contributed by atoms with Crippen LogP contribution in [0.2, 0.25) is 0 Å². The predicted molar refractivity (Wildman–Crippen MR) is 217 cm³/mol. The van der Waals surface area contributed by atoms with Gasteiger partial charge in [0.05, 0.1) is 26.3 Å². The first-order chi connectivity index (χ1) is 24.7. The largest absolute Gasteiger partial charge is 0.496 e. The van der Waals surface area contributed by atoms with Crippen molar-refractivity contribution in [2.24, 2.45) is 35.0 Å². The van der Waals surface area contributed by atoms with Gasteiger partial charge in [-0.05, 0) is 145 Å². The monoisotopic (exact) mass is 719 g/mol. The lowest BCUT2D eigenvalue weighted by atomic mass is 9.44. The molecule has 2 N–H and O–H groups in total. The zero-order chi connectivity index (χ0) is 37.7. The molecule has 3 saturated carbocycles. The van der Waals surface area contributed by atoms with E-state index in [1.165, 1.54) is 55.2 Å². The molecule has 2 bridgehead atoms. The summed E-state index contributed by atoms with van der Waals surface area (Å²) < 4.78 is 6.31. The molecular formula is C45H74N4O3. The first kappa shape index (κ1) is 41.2. The number of aryl methyl sites for hydroxylation is 2. The molecule has 1 heterocycles. The van der Waals surface area contributed by atoms with Gasteiger partial charge in [0.1, 0.15) is 11.9 Å². The average Bonchev–Trinajstić information content (AvgIpc) is 3.47. The van der Waals surface area contributed by atoms with Crippen molar-refractivity contribution < 1.29 is 14.7 Å². The summed E-state index contributed by atoms with van der Waals surface area (Å²) in [5.74, 6) is 3.76. The predicted octanol–water partition coefficient (Wildman–Crippen LogP) is 7.93. The van der Waals surface area contributed by atoms with Crippen LogP contribution in [0.3, 0.4) is 0 Å². The number of hydrogen-bond donors (Lipinski definition) is 2. The Labute approximate surface area is 317 Å². The van der Waals surface area contributed by atoms with Crippen LogP contribution in [0, 0.1) is 35.0 Å². The first-order valence-electron chi connectivity index (χ1n) is 20.6. The summed E-state index contributed by atoms with van der Waals surface area (Å²) in [6.45, 7) is 17.2. The summed E-state index contributed by atoms with van der Waals surface area (Å²) in [5.41, 5.74) is 6.79. The standard InChI is InChI=1S/C45H74N4O3/c1-30(2)42-41(29-50)52-49(43(42)32(4)46-40-27-37-26-39(31(40)3)45(37,5)6)28-35-19-16-20-38(44(35)51-11)36-24-33(17-12-14-21-47(7)8)23-34(25-36)18-13-15-22-48(9)10/h16,19-20,23-25,30-32,37,39-43,46,50H,12-15,17-18,21-22,26-29H2,1-11H3/t31-,32?,37-,39+,40-,41-,42-,43+/m0/s1. The number of para-hydroxylation sites is 1. The summed E-state index contributed by atoms with van der Waals surface area (Å²) in [5, 5.41) is 16.9. The van der Waals surface area contributed by atoms with E-state index < -0.39 is 0 Å². The lowest BCUT2D eigenvalue weighted by Gasteiger charge is -2.62. The third-order valence-electron chi connectivity index (χ3n) is 13.4. The van der Waals surface area contributed by atoms with Crippen molar-refractivity contribution in [3.63, 3.8) is 0 Å². The molecule has 2 aromatic carbocycles. The molecule has 7 heteroatoms. The van der Waals surface area contributed by atoms with E-state index in [1.54, 1.807) is 0 Å². The quantitative estimate of drug-likeness (QED) is 0.143. The highest BCUT2D eigenvalue weighted by Gasteiger charge is 2.57. The zero-order valence-corrected chi connectivity index (χ0v) is 34.8. The fourth-order valence-corrected chi connectivity index (χ4v) is 10.3. The fourth-order valence-electron chi connectivity index (χ4n) is 10.3. The Bertz CT molecular complexity index is 1390. The minimum Gasteiger partial charge on any atom is -0.496 e. The second-order valence-corrected chi connectivity index (χ2v) is 18.3. The number of hydrogen-bond acceptors (Lipinski definition) is 7. The number of ether oxygens (including phenoxy) is 1. The molecule has 1 unspecified atom stereocenters. The van der Waals surface area contributed by atoms with Gasteiger partial charge in [-0.2, -0.15) is 5.06 Å². The van der Waals surface area contributed by atoms with Gasteiger partial charge in [0, 0.05) is 29.1 Å². The molecule has 8 atom stereocenters. The Kier molecular flexibility index (Phi) is 14.3. The average molecular weight is 719 g/mol. The number of benzene rings is 2. The minimum atomic E-state index is -0.223. The van der Waals surface area contributed by atoms with E-state index in [-0.39, 0.29) is 30.7 Å². The molecule has 3 aliphatic carbocycles. The molecule has 2 aromatic rings. The molecule has 0 radical (unpaired) electrons. The van der Waals surface area contributed by atoms with Gasteiger partial charge in [-0.25, -0.2) is 0 Å². The number of unbranched alkanes of at least 4 members (excludes halogenated alkanes) is 2. The van der Waals surface area contributed by atoms with Gasteiger partial charge < -0.3 is 25.0 Å². The van der Waals surface area contributed by atoms with Gasteiger partial charge in [0.15, 0.2) is 0 Å². The number of rotatable bonds is 19. The van der Waals surface area contributed by atoms with E-state index in [4.69, 9.17) is 9.57 Å². The summed E-state index contributed by atoms with van der Waals surface area (Å²) in [6, 6.07) is 14.7. The van der Waals surface area contributed by atoms with Crippen LogP contribution in [0.4, 0.5) is 0 Å². The fraction of sp³-hybridized carbons (Fsp3) is 0.733. The van der Waals surface area contributed by atoms with Crippen molar-refractivity contribution in [3.8, 4) is 16.9 Å². The van der Waals surface area contributed by atoms with Gasteiger partial charge in [0.2, 0.25) is 0 Å². The highest BCUT2D eigenvalue weighted by molar-refractivity contribution is 5.73. The number of nitrogens with one attached hydrogen (secondary N) is 1. The van der Waals surface area contributed by atoms with E-state index in [2.05, 4.69) is 126 Å². The molecular weight excluding hydrogens is 645 g/mol. The lowest BCUT2D eigenvalue weighted by molar-refractivity contribution is -0.182. The van der Waals surface area contributed by atoms with Crippen LogP contribution in [-0.2, 0) is 24.2 Å². The van der Waals surface area contributed by atoms with Crippen molar-refractivity contribution in [1.29, 1.82) is 0 Å². The van der Waals surface area contributed by atoms with E-state index in [0.717, 1.165) is 54.6 Å². The minimum absolute atomic E-state index is 0.0244. The number of nitrogens with zero attached hydrogens (tertiary/aromatic N) is 3. The third kappa shape index (κ3) is 9.44. The second kappa shape index (κ2) is 18.1. The van der Waals surface area contributed by atoms with Crippen molar-refractivity contribution in [1.82, 2.24) is 20.2 Å². The smallest absolute Gasteiger partial charge is 0.131 e. The molecule has 1 saturated heterocycles. The number of hydroxylamine groups is 2. The Hall–Kier alpha value is -2.00. The van der Waals surface area contributed by atoms with Crippen molar-refractivity contribution in [2.45, 2.75) is 124 Å². The molecule has 7 nitrogen and oxygen atoms in total. The molecule has 4 fully saturated rings. The van der Waals surface area contributed by atoms with Crippen LogP contribution in [0.15, 0.2) is 36.4 Å². The molecule has 0 spiro atoms. The van der Waals surface area contributed by atoms with Crippen LogP contribution < -0.4 is 10.1 Å². The Morgan fingerprint density at radius 3 is 2.10 bits per heavy atom. The van der Waals surface area contributed by atoms with Crippen molar-refractivity contribution in [3.05, 3.63) is 53.1 Å². The van der Waals surface area contributed by atoms with E-state index >= 15 is 0 Å². The third-order valence-corrected chi connectivity index (χ3v) is 13.4. The van der Waals surface area contributed by atoms with E-state index in [9.17, 15) is 5.11 Å². The van der Waals surface area contributed by atoms with Gasteiger partial charge in [-0.1, -0.05) is 71.0 Å². The highest BCUT2D eigenvalue weighted by atomic mass is 16.7. The Morgan fingerprint density at radius 1 is 0.942 bits per heavy atom. The number of aliphatic hydroxyl groups excluding tert-OH is 1. The number of fused-ring (bicyclic) bond motifs is 2. The molecule has 1 aliphatic heterocycles. The molecule has 0 amide bonds. The van der Waals surface area contributed by atoms with E-state index in [0.29, 0.717) is 29.8 Å². The SMILES string of the molecule is COc1c(CN2O[C@@H](CO)[C@H](C(C)C)[C@H]2C(C)N[C@H]2C[C@@H]3C[C@H]([C@@H]2C)C3(C)C)cccc1-c1cc(CCCCN(C)C)cc(CCCCN(C)C)c1. The summed E-state index contributed by atoms with van der Waals surface area (Å²) in [6.07, 6.45) is 9.34. The molecule has 52 heavy (non-hydrogen) atoms. The van der Waals surface area contributed by atoms with Crippen LogP contribution in [0.5, 0.6) is 5.75 Å². The Morgan fingerprint density at radius 2 is 1.58 bits per heavy atom. The van der Waals surface area contributed by atoms with Crippen molar-refractivity contribution >= 4 is 0 Å². The summed E-state index contributed by atoms with van der Waals surface area (Å²) in [7, 11) is 10.4. The zero-order valence-electron chi connectivity index (χ0n) is 34.8. The van der Waals surface area contributed by atoms with Crippen LogP contribution >= 0.6 is 0 Å². The van der Waals surface area contributed by atoms with Crippen molar-refractivity contribution in [2.75, 3.05) is 55.0 Å². The lowest BCUT2D eigenvalue weighted by Crippen LogP contribution is -2.62. The molecule has 4 aliphatic rings. The Balaban J connectivity index is 1.41. The van der Waals surface area contributed by atoms with E-state index in [1.807, 2.05) is 7.11 Å².